The summed E-state index contributed by atoms with van der Waals surface area (Å²) in [5, 5.41) is 0.591. The Morgan fingerprint density at radius 2 is 1.61 bits per heavy atom. The molecule has 2 aromatic rings. The Hall–Kier alpha value is -1.67. The highest BCUT2D eigenvalue weighted by molar-refractivity contribution is 7.88. The first-order chi connectivity index (χ1) is 13.4. The summed E-state index contributed by atoms with van der Waals surface area (Å²) in [4.78, 5) is 4.57. The Labute approximate surface area is 171 Å². The molecule has 0 radical (unpaired) electrons. The van der Waals surface area contributed by atoms with Crippen LogP contribution in [0.15, 0.2) is 48.5 Å². The summed E-state index contributed by atoms with van der Waals surface area (Å²) < 4.78 is 40.0. The average molecular weight is 426 g/mol. The van der Waals surface area contributed by atoms with E-state index in [-0.39, 0.29) is 11.6 Å². The normalized spacial score (nSPS) is 15.7. The number of piperazine rings is 1. The van der Waals surface area contributed by atoms with E-state index in [1.54, 1.807) is 36.4 Å². The van der Waals surface area contributed by atoms with Gasteiger partial charge < -0.3 is 4.90 Å². The fourth-order valence-electron chi connectivity index (χ4n) is 3.26. The molecule has 1 N–H and O–H groups in total. The fraction of sp³-hybridized carbons (Fsp3) is 0.400. The van der Waals surface area contributed by atoms with Crippen molar-refractivity contribution in [3.63, 3.8) is 0 Å². The fourth-order valence-corrected chi connectivity index (χ4v) is 4.58. The van der Waals surface area contributed by atoms with E-state index in [0.29, 0.717) is 17.1 Å². The lowest BCUT2D eigenvalue weighted by atomic mass is 10.2. The van der Waals surface area contributed by atoms with E-state index in [1.165, 1.54) is 12.1 Å². The predicted octanol–water partition coefficient (Wildman–Crippen LogP) is 3.11. The van der Waals surface area contributed by atoms with Gasteiger partial charge in [-0.25, -0.2) is 17.5 Å². The smallest absolute Gasteiger partial charge is 0.215 e. The number of hydrogen-bond acceptors (Lipinski definition) is 4. The third-order valence-electron chi connectivity index (χ3n) is 4.81. The lowest BCUT2D eigenvalue weighted by Crippen LogP contribution is -2.47. The second-order valence-electron chi connectivity index (χ2n) is 6.94. The summed E-state index contributed by atoms with van der Waals surface area (Å²) in [5.74, 6) is -0.263. The van der Waals surface area contributed by atoms with Crippen LogP contribution in [0.25, 0.3) is 0 Å². The maximum absolute atomic E-state index is 13.0. The zero-order chi connectivity index (χ0) is 20.0. The molecule has 0 atom stereocenters. The molecule has 8 heteroatoms. The first kappa shape index (κ1) is 21.0. The number of nitrogens with one attached hydrogen (secondary N) is 1. The molecule has 3 rings (SSSR count). The second kappa shape index (κ2) is 9.69. The Morgan fingerprint density at radius 3 is 2.25 bits per heavy atom. The number of sulfonamides is 1. The first-order valence-corrected chi connectivity index (χ1v) is 11.4. The Bertz CT molecular complexity index is 852. The van der Waals surface area contributed by atoms with Gasteiger partial charge in [0.2, 0.25) is 10.0 Å². The van der Waals surface area contributed by atoms with Crippen molar-refractivity contribution >= 4 is 27.3 Å². The van der Waals surface area contributed by atoms with Crippen LogP contribution in [0.1, 0.15) is 12.0 Å². The average Bonchev–Trinajstić information content (AvgIpc) is 2.68. The Kier molecular flexibility index (Phi) is 7.29. The lowest BCUT2D eigenvalue weighted by molar-refractivity contribution is 0.255. The van der Waals surface area contributed by atoms with E-state index in [2.05, 4.69) is 14.5 Å². The van der Waals surface area contributed by atoms with E-state index < -0.39 is 10.0 Å². The molecular weight excluding hydrogens is 401 g/mol. The minimum atomic E-state index is -3.35. The third-order valence-corrected chi connectivity index (χ3v) is 6.42. The van der Waals surface area contributed by atoms with E-state index in [9.17, 15) is 12.8 Å². The number of benzene rings is 2. The molecule has 1 aliphatic rings. The van der Waals surface area contributed by atoms with Crippen molar-refractivity contribution in [2.24, 2.45) is 0 Å². The molecule has 0 saturated carbocycles. The summed E-state index contributed by atoms with van der Waals surface area (Å²) in [6, 6.07) is 13.4. The first-order valence-electron chi connectivity index (χ1n) is 9.36. The summed E-state index contributed by atoms with van der Waals surface area (Å²) in [6.45, 7) is 4.86. The van der Waals surface area contributed by atoms with Crippen LogP contribution in [-0.2, 0) is 15.8 Å². The maximum atomic E-state index is 13.0. The van der Waals surface area contributed by atoms with Gasteiger partial charge in [-0.15, -0.1) is 0 Å². The van der Waals surface area contributed by atoms with Gasteiger partial charge >= 0.3 is 0 Å². The van der Waals surface area contributed by atoms with Crippen molar-refractivity contribution in [3.8, 4) is 0 Å². The quantitative estimate of drug-likeness (QED) is 0.660. The van der Waals surface area contributed by atoms with Gasteiger partial charge in [-0.1, -0.05) is 23.7 Å². The molecule has 2 aromatic carbocycles. The Morgan fingerprint density at radius 1 is 0.964 bits per heavy atom. The Balaban J connectivity index is 1.35. The van der Waals surface area contributed by atoms with Crippen LogP contribution in [0.3, 0.4) is 0 Å². The molecule has 28 heavy (non-hydrogen) atoms. The molecule has 1 saturated heterocycles. The molecule has 0 bridgehead atoms. The molecule has 0 aliphatic carbocycles. The van der Waals surface area contributed by atoms with E-state index >= 15 is 0 Å². The molecule has 5 nitrogen and oxygen atoms in total. The molecule has 1 heterocycles. The lowest BCUT2D eigenvalue weighted by Gasteiger charge is -2.36. The number of rotatable bonds is 8. The van der Waals surface area contributed by atoms with Crippen LogP contribution in [0, 0.1) is 5.82 Å². The molecule has 0 unspecified atom stereocenters. The predicted molar refractivity (Wildman–Crippen MR) is 112 cm³/mol. The maximum Gasteiger partial charge on any atom is 0.215 e. The number of hydrogen-bond donors (Lipinski definition) is 1. The van der Waals surface area contributed by atoms with Crippen molar-refractivity contribution in [2.75, 3.05) is 44.2 Å². The number of halogens is 2. The van der Waals surface area contributed by atoms with Crippen LogP contribution < -0.4 is 9.62 Å². The monoisotopic (exact) mass is 425 g/mol. The zero-order valence-electron chi connectivity index (χ0n) is 15.7. The highest BCUT2D eigenvalue weighted by atomic mass is 35.5. The van der Waals surface area contributed by atoms with Gasteiger partial charge in [-0.2, -0.15) is 0 Å². The van der Waals surface area contributed by atoms with Crippen molar-refractivity contribution in [3.05, 3.63) is 64.9 Å². The molecule has 152 valence electrons. The number of nitrogens with zero attached hydrogens (tertiary/aromatic N) is 2. The van der Waals surface area contributed by atoms with Crippen LogP contribution in [-0.4, -0.2) is 52.6 Å². The van der Waals surface area contributed by atoms with Gasteiger partial charge in [0.15, 0.2) is 0 Å². The zero-order valence-corrected chi connectivity index (χ0v) is 17.2. The van der Waals surface area contributed by atoms with Crippen molar-refractivity contribution in [2.45, 2.75) is 12.2 Å². The topological polar surface area (TPSA) is 52.7 Å². The van der Waals surface area contributed by atoms with E-state index in [1.807, 2.05) is 0 Å². The molecule has 0 amide bonds. The van der Waals surface area contributed by atoms with Crippen LogP contribution >= 0.6 is 11.6 Å². The SMILES string of the molecule is O=S(=O)(Cc1ccc(Cl)cc1)NCCCN1CCN(c2ccc(F)cc2)CC1. The summed E-state index contributed by atoms with van der Waals surface area (Å²) in [7, 11) is -3.35. The van der Waals surface area contributed by atoms with Crippen molar-refractivity contribution < 1.29 is 12.8 Å². The van der Waals surface area contributed by atoms with E-state index in [4.69, 9.17) is 11.6 Å². The van der Waals surface area contributed by atoms with Crippen molar-refractivity contribution in [1.82, 2.24) is 9.62 Å². The second-order valence-corrected chi connectivity index (χ2v) is 9.18. The van der Waals surface area contributed by atoms with Gasteiger partial charge in [-0.05, 0) is 54.9 Å². The standard InChI is InChI=1S/C20H25ClFN3O2S/c21-18-4-2-17(3-5-18)16-28(26,27)23-10-1-11-24-12-14-25(15-13-24)20-8-6-19(22)7-9-20/h2-9,23H,1,10-16H2. The van der Waals surface area contributed by atoms with Gasteiger partial charge in [0.05, 0.1) is 5.75 Å². The molecule has 1 aliphatic heterocycles. The highest BCUT2D eigenvalue weighted by Gasteiger charge is 2.17. The largest absolute Gasteiger partial charge is 0.369 e. The third kappa shape index (κ3) is 6.44. The minimum Gasteiger partial charge on any atom is -0.369 e. The number of anilines is 1. The summed E-state index contributed by atoms with van der Waals surface area (Å²) in [5.41, 5.74) is 1.75. The van der Waals surface area contributed by atoms with Crippen LogP contribution in [0.5, 0.6) is 0 Å². The van der Waals surface area contributed by atoms with Crippen LogP contribution in [0.2, 0.25) is 5.02 Å². The van der Waals surface area contributed by atoms with E-state index in [0.717, 1.165) is 44.8 Å². The summed E-state index contributed by atoms with van der Waals surface area (Å²) >= 11 is 5.82. The molecular formula is C20H25ClFN3O2S. The minimum absolute atomic E-state index is 0.0412. The van der Waals surface area contributed by atoms with Gasteiger partial charge in [0.25, 0.3) is 0 Å². The molecule has 0 aromatic heterocycles. The van der Waals surface area contributed by atoms with Crippen LogP contribution in [0.4, 0.5) is 10.1 Å². The molecule has 1 fully saturated rings. The summed E-state index contributed by atoms with van der Waals surface area (Å²) in [6.07, 6.45) is 0.760. The highest BCUT2D eigenvalue weighted by Crippen LogP contribution is 2.17. The van der Waals surface area contributed by atoms with Gasteiger partial charge in [0.1, 0.15) is 5.82 Å². The molecule has 0 spiro atoms. The van der Waals surface area contributed by atoms with Gasteiger partial charge in [0, 0.05) is 43.4 Å². The van der Waals surface area contributed by atoms with Crippen molar-refractivity contribution in [1.29, 1.82) is 0 Å². The van der Waals surface area contributed by atoms with Gasteiger partial charge in [-0.3, -0.25) is 4.90 Å².